The number of thioether (sulfide) groups is 1. The van der Waals surface area contributed by atoms with Crippen LogP contribution in [0.4, 0.5) is 10.5 Å². The van der Waals surface area contributed by atoms with Gasteiger partial charge in [-0.1, -0.05) is 40.9 Å². The van der Waals surface area contributed by atoms with E-state index in [1.165, 1.54) is 6.08 Å². The van der Waals surface area contributed by atoms with E-state index in [9.17, 15) is 14.4 Å². The van der Waals surface area contributed by atoms with Crippen molar-refractivity contribution in [2.24, 2.45) is 0 Å². The van der Waals surface area contributed by atoms with Crippen LogP contribution in [0.5, 0.6) is 0 Å². The maximum absolute atomic E-state index is 12.7. The van der Waals surface area contributed by atoms with E-state index in [1.54, 1.807) is 48.5 Å². The first-order valence-electron chi connectivity index (χ1n) is 9.58. The molecule has 2 aromatic carbocycles. The fourth-order valence-electron chi connectivity index (χ4n) is 3.09. The summed E-state index contributed by atoms with van der Waals surface area (Å²) in [5.41, 5.74) is 1.91. The summed E-state index contributed by atoms with van der Waals surface area (Å²) < 4.78 is 5.76. The quantitative estimate of drug-likeness (QED) is 0.370. The lowest BCUT2D eigenvalue weighted by molar-refractivity contribution is -0.127. The van der Waals surface area contributed by atoms with Crippen molar-refractivity contribution in [3.63, 3.8) is 0 Å². The molecule has 33 heavy (non-hydrogen) atoms. The summed E-state index contributed by atoms with van der Waals surface area (Å²) in [6, 6.07) is 13.4. The van der Waals surface area contributed by atoms with Crippen molar-refractivity contribution in [3.05, 3.63) is 79.8 Å². The monoisotopic (exact) mass is 520 g/mol. The van der Waals surface area contributed by atoms with Crippen molar-refractivity contribution < 1.29 is 18.8 Å². The van der Waals surface area contributed by atoms with Gasteiger partial charge in [-0.2, -0.15) is 0 Å². The van der Waals surface area contributed by atoms with E-state index in [1.807, 2.05) is 6.92 Å². The highest BCUT2D eigenvalue weighted by molar-refractivity contribution is 8.18. The molecule has 168 valence electrons. The van der Waals surface area contributed by atoms with E-state index in [0.29, 0.717) is 37.8 Å². The molecule has 1 N–H and O–H groups in total. The Balaban J connectivity index is 1.48. The van der Waals surface area contributed by atoms with E-state index in [-0.39, 0.29) is 4.91 Å². The van der Waals surface area contributed by atoms with Crippen LogP contribution in [-0.2, 0) is 9.59 Å². The number of benzene rings is 2. The molecule has 1 saturated heterocycles. The number of nitrogens with zero attached hydrogens (tertiary/aromatic N) is 1. The third-order valence-corrected chi connectivity index (χ3v) is 6.45. The Hall–Kier alpha value is -2.71. The van der Waals surface area contributed by atoms with Gasteiger partial charge in [-0.25, -0.2) is 0 Å². The normalized spacial score (nSPS) is 14.9. The lowest BCUT2D eigenvalue weighted by Crippen LogP contribution is -2.36. The maximum Gasteiger partial charge on any atom is 0.294 e. The summed E-state index contributed by atoms with van der Waals surface area (Å²) in [5, 5.41) is 3.55. The number of carbonyl (C=O) groups excluding carboxylic acids is 3. The second-order valence-corrected chi connectivity index (χ2v) is 9.37. The predicted molar refractivity (Wildman–Crippen MR) is 132 cm³/mol. The lowest BCUT2D eigenvalue weighted by Gasteiger charge is -2.13. The molecule has 0 aliphatic carbocycles. The fraction of sp³-hybridized carbons (Fsp3) is 0.0870. The van der Waals surface area contributed by atoms with Gasteiger partial charge in [0.05, 0.1) is 9.93 Å². The Morgan fingerprint density at radius 1 is 1.06 bits per heavy atom. The van der Waals surface area contributed by atoms with Crippen molar-refractivity contribution in [1.29, 1.82) is 0 Å². The maximum atomic E-state index is 12.7. The van der Waals surface area contributed by atoms with Crippen molar-refractivity contribution in [2.45, 2.75) is 6.92 Å². The van der Waals surface area contributed by atoms with Crippen molar-refractivity contribution >= 4 is 75.4 Å². The molecule has 0 unspecified atom stereocenters. The fourth-order valence-corrected chi connectivity index (χ4v) is 4.46. The highest BCUT2D eigenvalue weighted by Crippen LogP contribution is 2.35. The van der Waals surface area contributed by atoms with Gasteiger partial charge in [-0.05, 0) is 66.7 Å². The number of imide groups is 1. The van der Waals surface area contributed by atoms with E-state index in [2.05, 4.69) is 5.32 Å². The average molecular weight is 522 g/mol. The zero-order chi connectivity index (χ0) is 23.7. The van der Waals surface area contributed by atoms with Gasteiger partial charge in [0.15, 0.2) is 0 Å². The molecule has 0 radical (unpaired) electrons. The Morgan fingerprint density at radius 2 is 1.79 bits per heavy atom. The molecule has 1 fully saturated rings. The number of hydrogen-bond donors (Lipinski definition) is 1. The number of halogens is 3. The number of aryl methyl sites for hydroxylation is 1. The van der Waals surface area contributed by atoms with Crippen LogP contribution < -0.4 is 5.32 Å². The molecule has 1 aliphatic rings. The second-order valence-electron chi connectivity index (χ2n) is 7.10. The minimum Gasteiger partial charge on any atom is -0.457 e. The Morgan fingerprint density at radius 3 is 2.58 bits per heavy atom. The molecule has 1 aliphatic heterocycles. The highest BCUT2D eigenvalue weighted by Gasteiger charge is 2.36. The van der Waals surface area contributed by atoms with Gasteiger partial charge in [0.25, 0.3) is 11.1 Å². The molecule has 0 bridgehead atoms. The first kappa shape index (κ1) is 23.4. The Bertz CT molecular complexity index is 1320. The molecule has 1 aromatic heterocycles. The smallest absolute Gasteiger partial charge is 0.294 e. The van der Waals surface area contributed by atoms with E-state index in [0.717, 1.165) is 22.2 Å². The molecule has 10 heteroatoms. The molecule has 0 atom stereocenters. The van der Waals surface area contributed by atoms with Gasteiger partial charge >= 0.3 is 0 Å². The van der Waals surface area contributed by atoms with Gasteiger partial charge < -0.3 is 9.73 Å². The number of nitrogens with one attached hydrogen (secondary N) is 1. The van der Waals surface area contributed by atoms with Crippen molar-refractivity contribution in [3.8, 4) is 11.3 Å². The summed E-state index contributed by atoms with van der Waals surface area (Å²) in [4.78, 5) is 38.6. The van der Waals surface area contributed by atoms with Crippen molar-refractivity contribution in [2.75, 3.05) is 11.9 Å². The highest BCUT2D eigenvalue weighted by atomic mass is 35.5. The Labute approximate surface area is 208 Å². The number of amides is 3. The minimum atomic E-state index is -0.582. The van der Waals surface area contributed by atoms with Gasteiger partial charge in [0.2, 0.25) is 5.91 Å². The van der Waals surface area contributed by atoms with Gasteiger partial charge in [-0.15, -0.1) is 0 Å². The van der Waals surface area contributed by atoms with Crippen LogP contribution in [0.3, 0.4) is 0 Å². The average Bonchev–Trinajstić information content (AvgIpc) is 3.33. The molecular weight excluding hydrogens is 507 g/mol. The third-order valence-electron chi connectivity index (χ3n) is 4.74. The number of hydrogen-bond acceptors (Lipinski definition) is 5. The van der Waals surface area contributed by atoms with Crippen LogP contribution >= 0.6 is 46.6 Å². The van der Waals surface area contributed by atoms with Crippen molar-refractivity contribution in [1.82, 2.24) is 4.90 Å². The molecule has 0 saturated carbocycles. The van der Waals surface area contributed by atoms with Crippen LogP contribution in [0.15, 0.2) is 57.9 Å². The van der Waals surface area contributed by atoms with E-state index < -0.39 is 23.6 Å². The number of anilines is 1. The first-order valence-corrected chi connectivity index (χ1v) is 11.5. The van der Waals surface area contributed by atoms with Crippen LogP contribution in [0.1, 0.15) is 11.3 Å². The minimum absolute atomic E-state index is 0.143. The molecule has 4 rings (SSSR count). The molecule has 0 spiro atoms. The summed E-state index contributed by atoms with van der Waals surface area (Å²) in [6.07, 6.45) is 1.45. The number of rotatable bonds is 5. The zero-order valence-electron chi connectivity index (χ0n) is 17.0. The largest absolute Gasteiger partial charge is 0.457 e. The molecular formula is C23H15Cl3N2O4S. The molecule has 2 heterocycles. The van der Waals surface area contributed by atoms with Crippen LogP contribution in [-0.4, -0.2) is 28.5 Å². The van der Waals surface area contributed by atoms with Crippen LogP contribution in [0, 0.1) is 6.92 Å². The predicted octanol–water partition coefficient (Wildman–Crippen LogP) is 6.89. The molecule has 3 aromatic rings. The summed E-state index contributed by atoms with van der Waals surface area (Å²) in [6.45, 7) is 1.39. The van der Waals surface area contributed by atoms with E-state index >= 15 is 0 Å². The number of carbonyl (C=O) groups is 3. The second kappa shape index (κ2) is 9.65. The summed E-state index contributed by atoms with van der Waals surface area (Å²) >= 11 is 18.9. The van der Waals surface area contributed by atoms with E-state index in [4.69, 9.17) is 39.2 Å². The first-order chi connectivity index (χ1) is 15.7. The van der Waals surface area contributed by atoms with Gasteiger partial charge in [0, 0.05) is 27.4 Å². The zero-order valence-corrected chi connectivity index (χ0v) is 20.1. The molecule has 3 amide bonds. The lowest BCUT2D eigenvalue weighted by atomic mass is 10.2. The summed E-state index contributed by atoms with van der Waals surface area (Å²) in [5.74, 6) is -0.281. The SMILES string of the molecule is Cc1ccc(Cl)cc1NC(=O)CN1C(=O)S/C(=C/c2ccc(-c3cc(Cl)ccc3Cl)o2)C1=O. The number of furan rings is 1. The third kappa shape index (κ3) is 5.28. The topological polar surface area (TPSA) is 79.6 Å². The molecule has 6 nitrogen and oxygen atoms in total. The Kier molecular flexibility index (Phi) is 6.86. The standard InChI is InChI=1S/C23H15Cl3N2O4S/c1-12-2-3-14(25)9-18(12)27-21(29)11-28-22(30)20(33-23(28)31)10-15-5-7-19(32-15)16-8-13(24)4-6-17(16)26/h2-10H,11H2,1H3,(H,27,29)/b20-10+. The summed E-state index contributed by atoms with van der Waals surface area (Å²) in [7, 11) is 0. The van der Waals surface area contributed by atoms with Crippen LogP contribution in [0.25, 0.3) is 17.4 Å². The van der Waals surface area contributed by atoms with Gasteiger partial charge in [-0.3, -0.25) is 19.3 Å². The van der Waals surface area contributed by atoms with Crippen LogP contribution in [0.2, 0.25) is 15.1 Å². The van der Waals surface area contributed by atoms with Gasteiger partial charge in [0.1, 0.15) is 18.1 Å².